The van der Waals surface area contributed by atoms with E-state index in [1.807, 2.05) is 24.3 Å². The molecule has 116 valence electrons. The molecule has 5 nitrogen and oxygen atoms in total. The Balaban J connectivity index is 1.76. The van der Waals surface area contributed by atoms with Crippen LogP contribution in [0, 0.1) is 0 Å². The maximum atomic E-state index is 11.9. The number of unbranched alkanes of at least 4 members (excludes halogenated alkanes) is 3. The predicted molar refractivity (Wildman–Crippen MR) is 81.9 cm³/mol. The molecule has 1 aromatic carbocycles. The third-order valence-corrected chi connectivity index (χ3v) is 3.42. The SMILES string of the molecule is NCCCCCCC(=O)Nc1cccc(C2OCCO2)c1. The first-order chi connectivity index (χ1) is 10.3. The number of hydrogen-bond acceptors (Lipinski definition) is 4. The lowest BCUT2D eigenvalue weighted by atomic mass is 10.1. The molecule has 1 aliphatic rings. The van der Waals surface area contributed by atoms with Gasteiger partial charge in [-0.2, -0.15) is 0 Å². The molecule has 1 heterocycles. The van der Waals surface area contributed by atoms with E-state index in [1.165, 1.54) is 0 Å². The van der Waals surface area contributed by atoms with Crippen molar-refractivity contribution >= 4 is 11.6 Å². The van der Waals surface area contributed by atoms with Gasteiger partial charge in [-0.3, -0.25) is 4.79 Å². The normalized spacial score (nSPS) is 15.3. The average Bonchev–Trinajstić information content (AvgIpc) is 3.01. The number of nitrogens with two attached hydrogens (primary N) is 1. The van der Waals surface area contributed by atoms with Gasteiger partial charge in [0, 0.05) is 17.7 Å². The molecule has 0 aliphatic carbocycles. The lowest BCUT2D eigenvalue weighted by molar-refractivity contribution is -0.116. The fraction of sp³-hybridized carbons (Fsp3) is 0.562. The first kappa shape index (κ1) is 15.9. The quantitative estimate of drug-likeness (QED) is 0.722. The van der Waals surface area contributed by atoms with Crippen molar-refractivity contribution < 1.29 is 14.3 Å². The van der Waals surface area contributed by atoms with Gasteiger partial charge in [0.2, 0.25) is 5.91 Å². The van der Waals surface area contributed by atoms with Gasteiger partial charge in [-0.1, -0.05) is 25.0 Å². The van der Waals surface area contributed by atoms with E-state index >= 15 is 0 Å². The minimum absolute atomic E-state index is 0.0492. The lowest BCUT2D eigenvalue weighted by Crippen LogP contribution is -2.11. The van der Waals surface area contributed by atoms with Gasteiger partial charge in [-0.05, 0) is 31.5 Å². The topological polar surface area (TPSA) is 73.6 Å². The Morgan fingerprint density at radius 2 is 1.95 bits per heavy atom. The van der Waals surface area contributed by atoms with Gasteiger partial charge in [0.1, 0.15) is 0 Å². The lowest BCUT2D eigenvalue weighted by Gasteiger charge is -2.11. The molecule has 0 bridgehead atoms. The summed E-state index contributed by atoms with van der Waals surface area (Å²) in [5.41, 5.74) is 7.17. The highest BCUT2D eigenvalue weighted by Gasteiger charge is 2.18. The maximum Gasteiger partial charge on any atom is 0.224 e. The van der Waals surface area contributed by atoms with Crippen LogP contribution in [0.5, 0.6) is 0 Å². The number of benzene rings is 1. The number of anilines is 1. The number of carbonyl (C=O) groups excluding carboxylic acids is 1. The second-order valence-electron chi connectivity index (χ2n) is 5.20. The van der Waals surface area contributed by atoms with Crippen molar-refractivity contribution in [2.75, 3.05) is 25.1 Å². The van der Waals surface area contributed by atoms with Crippen LogP contribution in [0.3, 0.4) is 0 Å². The van der Waals surface area contributed by atoms with E-state index in [0.717, 1.165) is 43.5 Å². The number of amides is 1. The monoisotopic (exact) mass is 292 g/mol. The van der Waals surface area contributed by atoms with Gasteiger partial charge in [-0.25, -0.2) is 0 Å². The van der Waals surface area contributed by atoms with E-state index < -0.39 is 0 Å². The van der Waals surface area contributed by atoms with E-state index in [9.17, 15) is 4.79 Å². The van der Waals surface area contributed by atoms with Crippen LogP contribution in [0.1, 0.15) is 44.0 Å². The Bertz CT molecular complexity index is 445. The first-order valence-corrected chi connectivity index (χ1v) is 7.62. The van der Waals surface area contributed by atoms with Gasteiger partial charge >= 0.3 is 0 Å². The summed E-state index contributed by atoms with van der Waals surface area (Å²) in [5, 5.41) is 2.92. The predicted octanol–water partition coefficient (Wildman–Crippen LogP) is 2.58. The summed E-state index contributed by atoms with van der Waals surface area (Å²) in [4.78, 5) is 11.9. The highest BCUT2D eigenvalue weighted by atomic mass is 16.7. The van der Waals surface area contributed by atoms with Crippen LogP contribution in [0.25, 0.3) is 0 Å². The van der Waals surface area contributed by atoms with Crippen molar-refractivity contribution in [1.29, 1.82) is 0 Å². The summed E-state index contributed by atoms with van der Waals surface area (Å²) in [6.45, 7) is 1.96. The van der Waals surface area contributed by atoms with Gasteiger partial charge in [-0.15, -0.1) is 0 Å². The van der Waals surface area contributed by atoms with Crippen LogP contribution < -0.4 is 11.1 Å². The second-order valence-corrected chi connectivity index (χ2v) is 5.20. The zero-order valence-electron chi connectivity index (χ0n) is 12.3. The van der Waals surface area contributed by atoms with Crippen LogP contribution in [0.4, 0.5) is 5.69 Å². The molecule has 1 aliphatic heterocycles. The number of nitrogens with one attached hydrogen (secondary N) is 1. The van der Waals surface area contributed by atoms with Crippen LogP contribution in [-0.4, -0.2) is 25.7 Å². The molecule has 0 radical (unpaired) electrons. The Kier molecular flexibility index (Phi) is 6.66. The van der Waals surface area contributed by atoms with Crippen LogP contribution in [-0.2, 0) is 14.3 Å². The van der Waals surface area contributed by atoms with Crippen LogP contribution >= 0.6 is 0 Å². The Morgan fingerprint density at radius 3 is 2.71 bits per heavy atom. The summed E-state index contributed by atoms with van der Waals surface area (Å²) in [5.74, 6) is 0.0492. The van der Waals surface area contributed by atoms with E-state index in [2.05, 4.69) is 5.32 Å². The first-order valence-electron chi connectivity index (χ1n) is 7.62. The third-order valence-electron chi connectivity index (χ3n) is 3.42. The fourth-order valence-corrected chi connectivity index (χ4v) is 2.32. The standard InChI is InChI=1S/C16H24N2O3/c17-9-4-2-1-3-8-15(19)18-14-7-5-6-13(12-14)16-20-10-11-21-16/h5-7,12,16H,1-4,8-11,17H2,(H,18,19). The smallest absolute Gasteiger partial charge is 0.224 e. The molecule has 2 rings (SSSR count). The van der Waals surface area contributed by atoms with E-state index in [-0.39, 0.29) is 12.2 Å². The van der Waals surface area contributed by atoms with Gasteiger partial charge < -0.3 is 20.5 Å². The van der Waals surface area contributed by atoms with E-state index in [1.54, 1.807) is 0 Å². The van der Waals surface area contributed by atoms with E-state index in [4.69, 9.17) is 15.2 Å². The average molecular weight is 292 g/mol. The maximum absolute atomic E-state index is 11.9. The van der Waals surface area contributed by atoms with Crippen LogP contribution in [0.2, 0.25) is 0 Å². The van der Waals surface area contributed by atoms with Gasteiger partial charge in [0.05, 0.1) is 13.2 Å². The van der Waals surface area contributed by atoms with Crippen LogP contribution in [0.15, 0.2) is 24.3 Å². The zero-order valence-corrected chi connectivity index (χ0v) is 12.3. The molecular weight excluding hydrogens is 268 g/mol. The number of carbonyl (C=O) groups is 1. The Morgan fingerprint density at radius 1 is 1.19 bits per heavy atom. The van der Waals surface area contributed by atoms with Crippen molar-refractivity contribution in [2.45, 2.75) is 38.4 Å². The molecule has 1 amide bonds. The summed E-state index contributed by atoms with van der Waals surface area (Å²) in [6.07, 6.45) is 4.32. The molecule has 1 aromatic rings. The molecule has 21 heavy (non-hydrogen) atoms. The van der Waals surface area contributed by atoms with Gasteiger partial charge in [0.15, 0.2) is 6.29 Å². The molecule has 5 heteroatoms. The van der Waals surface area contributed by atoms with Crippen molar-refractivity contribution in [2.24, 2.45) is 5.73 Å². The summed E-state index contributed by atoms with van der Waals surface area (Å²) in [6, 6.07) is 7.63. The molecule has 0 saturated carbocycles. The second kappa shape index (κ2) is 8.77. The van der Waals surface area contributed by atoms with E-state index in [0.29, 0.717) is 19.6 Å². The minimum atomic E-state index is -0.307. The summed E-state index contributed by atoms with van der Waals surface area (Å²) in [7, 11) is 0. The minimum Gasteiger partial charge on any atom is -0.346 e. The molecule has 1 saturated heterocycles. The highest BCUT2D eigenvalue weighted by molar-refractivity contribution is 5.90. The number of rotatable bonds is 8. The largest absolute Gasteiger partial charge is 0.346 e. The number of ether oxygens (including phenoxy) is 2. The van der Waals surface area contributed by atoms with Crippen molar-refractivity contribution in [3.05, 3.63) is 29.8 Å². The summed E-state index contributed by atoms with van der Waals surface area (Å²) >= 11 is 0. The Labute approximate surface area is 125 Å². The molecule has 0 aromatic heterocycles. The van der Waals surface area contributed by atoms with Crippen molar-refractivity contribution in [3.8, 4) is 0 Å². The fourth-order valence-electron chi connectivity index (χ4n) is 2.32. The molecular formula is C16H24N2O3. The zero-order chi connectivity index (χ0) is 14.9. The summed E-state index contributed by atoms with van der Waals surface area (Å²) < 4.78 is 10.9. The Hall–Kier alpha value is -1.43. The highest BCUT2D eigenvalue weighted by Crippen LogP contribution is 2.25. The third kappa shape index (κ3) is 5.46. The molecule has 1 fully saturated rings. The molecule has 0 spiro atoms. The molecule has 0 atom stereocenters. The van der Waals surface area contributed by atoms with Crippen molar-refractivity contribution in [1.82, 2.24) is 0 Å². The molecule has 3 N–H and O–H groups in total. The molecule has 0 unspecified atom stereocenters. The van der Waals surface area contributed by atoms with Gasteiger partial charge in [0.25, 0.3) is 0 Å². The number of hydrogen-bond donors (Lipinski definition) is 2. The van der Waals surface area contributed by atoms with Crippen molar-refractivity contribution in [3.63, 3.8) is 0 Å².